The molecule has 6 bridgehead atoms. The fourth-order valence-electron chi connectivity index (χ4n) is 16.2. The van der Waals surface area contributed by atoms with E-state index in [1.54, 1.807) is 40.3 Å². The van der Waals surface area contributed by atoms with Gasteiger partial charge in [0, 0.05) is 98.3 Å². The van der Waals surface area contributed by atoms with E-state index in [0.29, 0.717) is 42.9 Å². The number of amides is 6. The number of nitrogens with one attached hydrogen (secondary N) is 3. The summed E-state index contributed by atoms with van der Waals surface area (Å²) < 4.78 is 87.7. The molecule has 15 rings (SSSR count). The largest absolute Gasteiger partial charge is 0.503 e. The minimum atomic E-state index is -1.18. The number of aromatic nitrogens is 3. The Morgan fingerprint density at radius 3 is 1.23 bits per heavy atom. The molecule has 3 aromatic carbocycles. The van der Waals surface area contributed by atoms with Crippen LogP contribution in [0.25, 0.3) is 0 Å². The van der Waals surface area contributed by atoms with Gasteiger partial charge in [-0.05, 0) is 127 Å². The van der Waals surface area contributed by atoms with Gasteiger partial charge in [0.05, 0.1) is 22.7 Å². The second-order valence-electron chi connectivity index (χ2n) is 26.1. The number of aryl methyl sites for hydroxylation is 2. The highest BCUT2D eigenvalue weighted by atomic mass is 19.2. The van der Waals surface area contributed by atoms with E-state index in [-0.39, 0.29) is 81.0 Å². The Balaban J connectivity index is 0.000000127. The first-order chi connectivity index (χ1) is 44.1. The lowest BCUT2D eigenvalue weighted by Gasteiger charge is -2.41. The first-order valence-corrected chi connectivity index (χ1v) is 30.8. The molecule has 6 fully saturated rings. The predicted molar refractivity (Wildman–Crippen MR) is 317 cm³/mol. The highest BCUT2D eigenvalue weighted by Gasteiger charge is 2.60. The predicted octanol–water partition coefficient (Wildman–Crippen LogP) is 6.92. The van der Waals surface area contributed by atoms with Crippen LogP contribution in [0.15, 0.2) is 75.4 Å². The van der Waals surface area contributed by atoms with E-state index in [0.717, 1.165) is 94.7 Å². The Bertz CT molecular complexity index is 4420. The summed E-state index contributed by atoms with van der Waals surface area (Å²) in [5.41, 5.74) is -4.77. The van der Waals surface area contributed by atoms with Crippen molar-refractivity contribution in [3.63, 3.8) is 0 Å². The topological polar surface area (TPSA) is 275 Å². The van der Waals surface area contributed by atoms with Crippen LogP contribution >= 0.6 is 0 Å². The number of rotatable bonds is 9. The maximum absolute atomic E-state index is 14.3. The quantitative estimate of drug-likeness (QED) is 0.0806. The molecule has 6 amide bonds. The smallest absolute Gasteiger partial charge is 0.275 e. The van der Waals surface area contributed by atoms with Crippen molar-refractivity contribution in [3.8, 4) is 17.2 Å². The minimum Gasteiger partial charge on any atom is -0.503 e. The van der Waals surface area contributed by atoms with Crippen molar-refractivity contribution in [2.24, 2.45) is 0 Å². The van der Waals surface area contributed by atoms with E-state index in [1.807, 2.05) is 4.90 Å². The van der Waals surface area contributed by atoms with Crippen molar-refractivity contribution in [2.45, 2.75) is 171 Å². The average molecular weight is 1290 g/mol. The SMILES string of the molecule is Cc1cc(F)c([C@@H](C)NC(=O)c2cn3c(c(O)c2=O)C(=O)N2C4CCC2(CC4)C3)c(F)c1.Cc1ccc(CNC(=O)c2cn3c(c(O)c2=O)C(=O)N2C4CCC2(CC4)C3)c(F)c1.O=C(NCc1c(F)cc(F)cc1F)c1cn2c(c(O)c1=O)C(=O)N1C3CCC1(CC3)C2. The molecule has 3 aromatic heterocycles. The van der Waals surface area contributed by atoms with E-state index >= 15 is 0 Å². The lowest BCUT2D eigenvalue weighted by atomic mass is 9.86. The number of pyridine rings is 3. The number of hydrogen-bond donors (Lipinski definition) is 6. The van der Waals surface area contributed by atoms with Crippen molar-refractivity contribution in [2.75, 3.05) is 0 Å². The summed E-state index contributed by atoms with van der Waals surface area (Å²) in [6, 6.07) is 7.28. The van der Waals surface area contributed by atoms with Crippen LogP contribution in [0.5, 0.6) is 17.2 Å². The van der Waals surface area contributed by atoms with Crippen LogP contribution in [0.1, 0.15) is 180 Å². The maximum atomic E-state index is 14.3. The van der Waals surface area contributed by atoms with Gasteiger partial charge in [-0.25, -0.2) is 26.3 Å². The van der Waals surface area contributed by atoms with Crippen LogP contribution in [0.3, 0.4) is 0 Å². The van der Waals surface area contributed by atoms with Crippen LogP contribution in [0.4, 0.5) is 26.3 Å². The molecule has 9 aliphatic rings. The molecule has 486 valence electrons. The van der Waals surface area contributed by atoms with Crippen molar-refractivity contribution in [1.82, 2.24) is 44.4 Å². The van der Waals surface area contributed by atoms with Crippen LogP contribution in [0.2, 0.25) is 0 Å². The van der Waals surface area contributed by atoms with Gasteiger partial charge in [0.15, 0.2) is 34.3 Å². The molecule has 21 nitrogen and oxygen atoms in total. The van der Waals surface area contributed by atoms with E-state index < -0.39 is 122 Å². The summed E-state index contributed by atoms with van der Waals surface area (Å²) in [5.74, 6) is -11.5. The molecule has 0 aliphatic carbocycles. The second kappa shape index (κ2) is 22.6. The Hall–Kier alpha value is -9.69. The lowest BCUT2D eigenvalue weighted by molar-refractivity contribution is 0.0481. The second-order valence-corrected chi connectivity index (χ2v) is 26.1. The molecular formula is C66H63F6N9O12. The third kappa shape index (κ3) is 10.0. The standard InChI is InChI=1S/C23H23F2N3O4.C22H22FN3O4.C21H18F3N3O4/c1-11-7-15(24)17(16(25)8-11)12(2)26-21(31)14-9-27-10-23-5-3-13(4-6-23)28(23)22(32)18(27)20(30)19(14)29;1-12-2-3-13(16(23)8-12)9-24-20(29)15-10-25-11-22-6-4-14(5-7-22)26(22)21(30)17(25)19(28)18(15)27;22-10-5-14(23)12(15(24)6-10)7-25-19(30)13-8-26-9-21-3-1-11(2-4-21)27(21)20(31)16(26)18(29)17(13)28/h7-9,12-13,30H,3-6,10H2,1-2H3,(H,26,31);2-3,8,10,14,28H,4-7,9,11H2,1H3,(H,24,29);5-6,8,11,29H,1-4,7,9H2,(H,25,30)/t12-,13?,23?;;/m1../s1. The fourth-order valence-corrected chi connectivity index (χ4v) is 16.2. The third-order valence-corrected chi connectivity index (χ3v) is 20.6. The molecule has 6 aromatic rings. The van der Waals surface area contributed by atoms with Crippen molar-refractivity contribution in [3.05, 3.63) is 188 Å². The van der Waals surface area contributed by atoms with Crippen molar-refractivity contribution in [1.29, 1.82) is 0 Å². The number of aromatic hydroxyl groups is 3. The highest BCUT2D eigenvalue weighted by Crippen LogP contribution is 2.53. The first kappa shape index (κ1) is 62.1. The minimum absolute atomic E-state index is 0.0504. The van der Waals surface area contributed by atoms with Gasteiger partial charge in [-0.1, -0.05) is 12.1 Å². The summed E-state index contributed by atoms with van der Waals surface area (Å²) in [4.78, 5) is 121. The molecule has 12 heterocycles. The number of benzene rings is 3. The first-order valence-electron chi connectivity index (χ1n) is 30.8. The number of hydrogen-bond acceptors (Lipinski definition) is 12. The van der Waals surface area contributed by atoms with Gasteiger partial charge in [-0.15, -0.1) is 0 Å². The summed E-state index contributed by atoms with van der Waals surface area (Å²) in [5, 5.41) is 38.7. The molecule has 9 aliphatic heterocycles. The van der Waals surface area contributed by atoms with E-state index in [2.05, 4.69) is 16.0 Å². The number of carbonyl (C=O) groups is 6. The molecule has 6 saturated heterocycles. The van der Waals surface area contributed by atoms with Gasteiger partial charge in [0.25, 0.3) is 35.4 Å². The number of carbonyl (C=O) groups excluding carboxylic acids is 6. The molecule has 6 N–H and O–H groups in total. The zero-order valence-electron chi connectivity index (χ0n) is 50.6. The maximum Gasteiger partial charge on any atom is 0.275 e. The van der Waals surface area contributed by atoms with Crippen molar-refractivity contribution >= 4 is 35.4 Å². The molecule has 0 radical (unpaired) electrons. The number of halogens is 6. The molecule has 93 heavy (non-hydrogen) atoms. The lowest BCUT2D eigenvalue weighted by Crippen LogP contribution is -2.53. The van der Waals surface area contributed by atoms with Crippen LogP contribution in [-0.4, -0.2) is 114 Å². The molecule has 0 spiro atoms. The van der Waals surface area contributed by atoms with Gasteiger partial charge in [0.2, 0.25) is 16.3 Å². The monoisotopic (exact) mass is 1290 g/mol. The fraction of sp³-hybridized carbons (Fsp3) is 0.409. The van der Waals surface area contributed by atoms with Gasteiger partial charge in [-0.3, -0.25) is 43.2 Å². The normalized spacial score (nSPS) is 24.0. The zero-order chi connectivity index (χ0) is 66.2. The molecule has 0 saturated carbocycles. The van der Waals surface area contributed by atoms with Crippen molar-refractivity contribution < 1.29 is 70.4 Å². The number of nitrogens with zero attached hydrogens (tertiary/aromatic N) is 6. The molecular weight excluding hydrogens is 1220 g/mol. The van der Waals surface area contributed by atoms with Crippen LogP contribution < -0.4 is 32.2 Å². The van der Waals surface area contributed by atoms with Gasteiger partial charge in [0.1, 0.15) is 51.6 Å². The summed E-state index contributed by atoms with van der Waals surface area (Å²) in [6.07, 6.45) is 14.2. The zero-order valence-corrected chi connectivity index (χ0v) is 50.6. The molecule has 0 unspecified atom stereocenters. The van der Waals surface area contributed by atoms with Gasteiger partial charge in [-0.2, -0.15) is 0 Å². The van der Waals surface area contributed by atoms with Crippen LogP contribution in [0, 0.1) is 48.8 Å². The summed E-state index contributed by atoms with van der Waals surface area (Å²) in [7, 11) is 0. The number of fused-ring (bicyclic) bond motifs is 3. The average Bonchev–Trinajstić information content (AvgIpc) is 1.60. The molecule has 1 atom stereocenters. The Labute approximate surface area is 525 Å². The van der Waals surface area contributed by atoms with Gasteiger partial charge < -0.3 is 59.7 Å². The van der Waals surface area contributed by atoms with E-state index in [1.165, 1.54) is 40.7 Å². The third-order valence-electron chi connectivity index (χ3n) is 20.6. The van der Waals surface area contributed by atoms with Gasteiger partial charge >= 0.3 is 0 Å². The Kier molecular flexibility index (Phi) is 15.1. The highest BCUT2D eigenvalue weighted by molar-refractivity contribution is 6.02. The summed E-state index contributed by atoms with van der Waals surface area (Å²) in [6.45, 7) is 5.18. The molecule has 27 heteroatoms. The van der Waals surface area contributed by atoms with E-state index in [4.69, 9.17) is 0 Å². The Morgan fingerprint density at radius 1 is 0.495 bits per heavy atom. The van der Waals surface area contributed by atoms with Crippen LogP contribution in [-0.2, 0) is 32.7 Å². The summed E-state index contributed by atoms with van der Waals surface area (Å²) >= 11 is 0. The van der Waals surface area contributed by atoms with E-state index in [9.17, 15) is 84.8 Å². The Morgan fingerprint density at radius 2 is 0.849 bits per heavy atom.